The second kappa shape index (κ2) is 8.09. The van der Waals surface area contributed by atoms with Gasteiger partial charge < -0.3 is 0 Å². The van der Waals surface area contributed by atoms with Gasteiger partial charge in [0, 0.05) is 11.4 Å². The average molecular weight is 355 g/mol. The van der Waals surface area contributed by atoms with E-state index >= 15 is 0 Å². The van der Waals surface area contributed by atoms with E-state index in [0.29, 0.717) is 16.1 Å². The second-order valence-electron chi connectivity index (χ2n) is 5.82. The van der Waals surface area contributed by atoms with E-state index in [0.717, 1.165) is 11.1 Å². The number of benzene rings is 3. The molecule has 0 saturated heterocycles. The minimum absolute atomic E-state index is 0.0248. The molecule has 0 bridgehead atoms. The van der Waals surface area contributed by atoms with Crippen LogP contribution in [0.5, 0.6) is 0 Å². The Morgan fingerprint density at radius 2 is 1.48 bits per heavy atom. The van der Waals surface area contributed by atoms with Crippen LogP contribution in [0, 0.1) is 5.82 Å². The number of hydrogen-bond acceptors (Lipinski definition) is 0. The van der Waals surface area contributed by atoms with Gasteiger partial charge in [-0.3, -0.25) is 0 Å². The standard InChI is InChI=1S/C22H17ClF2/c23-20-12-9-16(10-13-20)6-7-17-8-11-19(21(24)14-17)15-22(25)18-4-2-1-3-5-18/h1-14,22H,15H2/t22-/m0/s1. The van der Waals surface area contributed by atoms with Gasteiger partial charge in [-0.25, -0.2) is 8.78 Å². The first kappa shape index (κ1) is 17.4. The predicted octanol–water partition coefficient (Wildman–Crippen LogP) is 6.90. The summed E-state index contributed by atoms with van der Waals surface area (Å²) in [6, 6.07) is 21.1. The van der Waals surface area contributed by atoms with Crippen LogP contribution in [0.15, 0.2) is 72.8 Å². The molecule has 3 heteroatoms. The molecule has 0 aromatic heterocycles. The van der Waals surface area contributed by atoms with Gasteiger partial charge in [-0.2, -0.15) is 0 Å². The van der Waals surface area contributed by atoms with Crippen molar-refractivity contribution < 1.29 is 8.78 Å². The van der Waals surface area contributed by atoms with Gasteiger partial charge in [-0.1, -0.05) is 78.4 Å². The van der Waals surface area contributed by atoms with Crippen molar-refractivity contribution in [2.45, 2.75) is 12.6 Å². The van der Waals surface area contributed by atoms with Crippen LogP contribution in [0.4, 0.5) is 8.78 Å². The summed E-state index contributed by atoms with van der Waals surface area (Å²) in [7, 11) is 0. The molecule has 0 radical (unpaired) electrons. The highest BCUT2D eigenvalue weighted by Gasteiger charge is 2.13. The van der Waals surface area contributed by atoms with E-state index in [1.807, 2.05) is 30.4 Å². The van der Waals surface area contributed by atoms with E-state index in [4.69, 9.17) is 11.6 Å². The largest absolute Gasteiger partial charge is 0.242 e. The van der Waals surface area contributed by atoms with Crippen LogP contribution in [0.3, 0.4) is 0 Å². The van der Waals surface area contributed by atoms with Gasteiger partial charge in [0.2, 0.25) is 0 Å². The number of halogens is 3. The summed E-state index contributed by atoms with van der Waals surface area (Å²) in [5.41, 5.74) is 2.64. The topological polar surface area (TPSA) is 0 Å². The molecule has 0 saturated carbocycles. The van der Waals surface area contributed by atoms with E-state index in [1.54, 1.807) is 48.5 Å². The summed E-state index contributed by atoms with van der Waals surface area (Å²) in [5.74, 6) is -0.392. The summed E-state index contributed by atoms with van der Waals surface area (Å²) < 4.78 is 28.6. The monoisotopic (exact) mass is 354 g/mol. The molecule has 1 atom stereocenters. The van der Waals surface area contributed by atoms with Crippen molar-refractivity contribution in [1.29, 1.82) is 0 Å². The molecule has 3 aromatic carbocycles. The first-order chi connectivity index (χ1) is 12.1. The van der Waals surface area contributed by atoms with Crippen molar-refractivity contribution in [3.05, 3.63) is 106 Å². The zero-order chi connectivity index (χ0) is 17.6. The molecule has 0 fully saturated rings. The van der Waals surface area contributed by atoms with Crippen LogP contribution < -0.4 is 0 Å². The lowest BCUT2D eigenvalue weighted by atomic mass is 10.0. The zero-order valence-corrected chi connectivity index (χ0v) is 14.3. The van der Waals surface area contributed by atoms with Gasteiger partial charge in [0.1, 0.15) is 12.0 Å². The van der Waals surface area contributed by atoms with Crippen LogP contribution in [0.1, 0.15) is 28.4 Å². The highest BCUT2D eigenvalue weighted by Crippen LogP contribution is 2.24. The third-order valence-electron chi connectivity index (χ3n) is 3.98. The van der Waals surface area contributed by atoms with Crippen molar-refractivity contribution >= 4 is 23.8 Å². The maximum absolute atomic E-state index is 14.3. The van der Waals surface area contributed by atoms with Crippen molar-refractivity contribution in [2.24, 2.45) is 0 Å². The van der Waals surface area contributed by atoms with Gasteiger partial charge in [-0.15, -0.1) is 0 Å². The molecule has 3 aromatic rings. The fraction of sp³-hybridized carbons (Fsp3) is 0.0909. The van der Waals surface area contributed by atoms with E-state index in [2.05, 4.69) is 0 Å². The first-order valence-corrected chi connectivity index (χ1v) is 8.41. The van der Waals surface area contributed by atoms with Crippen molar-refractivity contribution in [3.8, 4) is 0 Å². The van der Waals surface area contributed by atoms with Crippen LogP contribution in [0.25, 0.3) is 12.2 Å². The molecule has 0 aliphatic carbocycles. The Bertz CT molecular complexity index is 855. The SMILES string of the molecule is Fc1cc(C=Cc2ccc(Cl)cc2)ccc1C[C@H](F)c1ccccc1. The second-order valence-corrected chi connectivity index (χ2v) is 6.25. The van der Waals surface area contributed by atoms with E-state index in [-0.39, 0.29) is 6.42 Å². The summed E-state index contributed by atoms with van der Waals surface area (Å²) in [4.78, 5) is 0. The summed E-state index contributed by atoms with van der Waals surface area (Å²) in [6.07, 6.45) is 2.51. The molecule has 0 heterocycles. The Hall–Kier alpha value is -2.45. The van der Waals surface area contributed by atoms with Crippen LogP contribution in [-0.4, -0.2) is 0 Å². The minimum atomic E-state index is -1.22. The Labute approximate surface area is 151 Å². The van der Waals surface area contributed by atoms with Crippen molar-refractivity contribution in [2.75, 3.05) is 0 Å². The Kier molecular flexibility index (Phi) is 5.62. The van der Waals surface area contributed by atoms with Gasteiger partial charge >= 0.3 is 0 Å². The lowest BCUT2D eigenvalue weighted by molar-refractivity contribution is 0.338. The third-order valence-corrected chi connectivity index (χ3v) is 4.23. The van der Waals surface area contributed by atoms with Gasteiger partial charge in [0.25, 0.3) is 0 Å². The Morgan fingerprint density at radius 1 is 0.840 bits per heavy atom. The number of hydrogen-bond donors (Lipinski definition) is 0. The molecule has 0 aliphatic heterocycles. The van der Waals surface area contributed by atoms with Gasteiger partial charge in [0.05, 0.1) is 0 Å². The minimum Gasteiger partial charge on any atom is -0.242 e. The Balaban J connectivity index is 1.71. The lowest BCUT2D eigenvalue weighted by Crippen LogP contribution is -1.99. The molecule has 0 amide bonds. The van der Waals surface area contributed by atoms with Crippen molar-refractivity contribution in [1.82, 2.24) is 0 Å². The summed E-state index contributed by atoms with van der Waals surface area (Å²) in [6.45, 7) is 0. The molecule has 25 heavy (non-hydrogen) atoms. The molecule has 3 rings (SSSR count). The van der Waals surface area contributed by atoms with Gasteiger partial charge in [-0.05, 0) is 40.5 Å². The fourth-order valence-electron chi connectivity index (χ4n) is 2.57. The fourth-order valence-corrected chi connectivity index (χ4v) is 2.70. The highest BCUT2D eigenvalue weighted by molar-refractivity contribution is 6.30. The molecular weight excluding hydrogens is 338 g/mol. The molecule has 0 unspecified atom stereocenters. The predicted molar refractivity (Wildman–Crippen MR) is 101 cm³/mol. The third kappa shape index (κ3) is 4.77. The maximum Gasteiger partial charge on any atom is 0.129 e. The average Bonchev–Trinajstić information content (AvgIpc) is 2.64. The first-order valence-electron chi connectivity index (χ1n) is 8.03. The lowest BCUT2D eigenvalue weighted by Gasteiger charge is -2.10. The van der Waals surface area contributed by atoms with E-state index in [1.165, 1.54) is 6.07 Å². The molecule has 0 aliphatic rings. The molecule has 0 N–H and O–H groups in total. The highest BCUT2D eigenvalue weighted by atomic mass is 35.5. The molecule has 126 valence electrons. The Morgan fingerprint density at radius 3 is 2.16 bits per heavy atom. The van der Waals surface area contributed by atoms with Gasteiger partial charge in [0.15, 0.2) is 0 Å². The summed E-state index contributed by atoms with van der Waals surface area (Å²) >= 11 is 5.85. The quantitative estimate of drug-likeness (QED) is 0.437. The smallest absolute Gasteiger partial charge is 0.129 e. The van der Waals surface area contributed by atoms with E-state index < -0.39 is 12.0 Å². The number of rotatable bonds is 5. The van der Waals surface area contributed by atoms with E-state index in [9.17, 15) is 8.78 Å². The molecule has 0 nitrogen and oxygen atoms in total. The summed E-state index contributed by atoms with van der Waals surface area (Å²) in [5, 5.41) is 0.673. The van der Waals surface area contributed by atoms with Crippen LogP contribution >= 0.6 is 11.6 Å². The maximum atomic E-state index is 14.3. The zero-order valence-electron chi connectivity index (χ0n) is 13.5. The molecule has 0 spiro atoms. The van der Waals surface area contributed by atoms with Crippen molar-refractivity contribution in [3.63, 3.8) is 0 Å². The van der Waals surface area contributed by atoms with Crippen LogP contribution in [-0.2, 0) is 6.42 Å². The normalized spacial score (nSPS) is 12.4. The number of alkyl halides is 1. The van der Waals surface area contributed by atoms with Crippen LogP contribution in [0.2, 0.25) is 5.02 Å². The molecular formula is C22H17ClF2.